The average Bonchev–Trinajstić information content (AvgIpc) is 3.46. The van der Waals surface area contributed by atoms with Crippen molar-refractivity contribution in [1.82, 2.24) is 24.7 Å². The number of ether oxygens (including phenoxy) is 1. The summed E-state index contributed by atoms with van der Waals surface area (Å²) < 4.78 is 7.72. The van der Waals surface area contributed by atoms with Crippen molar-refractivity contribution >= 4 is 22.4 Å². The van der Waals surface area contributed by atoms with Gasteiger partial charge in [0.2, 0.25) is 0 Å². The predicted octanol–water partition coefficient (Wildman–Crippen LogP) is 2.57. The third kappa shape index (κ3) is 3.34. The summed E-state index contributed by atoms with van der Waals surface area (Å²) in [5.74, 6) is -0.189. The Balaban J connectivity index is 1.52. The van der Waals surface area contributed by atoms with Crippen molar-refractivity contribution in [2.75, 3.05) is 18.1 Å². The van der Waals surface area contributed by atoms with E-state index in [4.69, 9.17) is 9.72 Å². The molecule has 0 N–H and O–H groups in total. The molecule has 1 fully saturated rings. The number of hydrogen-bond donors (Lipinski definition) is 0. The molecular weight excluding hydrogens is 388 g/mol. The summed E-state index contributed by atoms with van der Waals surface area (Å²) in [6.45, 7) is 3.07. The van der Waals surface area contributed by atoms with Crippen LogP contribution in [0, 0.1) is 6.92 Å². The van der Waals surface area contributed by atoms with Crippen LogP contribution in [0.25, 0.3) is 11.3 Å². The van der Waals surface area contributed by atoms with E-state index >= 15 is 0 Å². The highest BCUT2D eigenvalue weighted by Gasteiger charge is 2.31. The van der Waals surface area contributed by atoms with Gasteiger partial charge in [-0.25, -0.2) is 9.97 Å². The summed E-state index contributed by atoms with van der Waals surface area (Å²) in [6, 6.07) is 0. The second kappa shape index (κ2) is 7.31. The Kier molecular flexibility index (Phi) is 4.63. The average molecular weight is 411 g/mol. The molecular formula is C20H22N6O2S. The molecule has 0 saturated carbocycles. The van der Waals surface area contributed by atoms with Gasteiger partial charge in [0.1, 0.15) is 5.69 Å². The van der Waals surface area contributed by atoms with Crippen LogP contribution in [-0.4, -0.2) is 49.9 Å². The molecule has 1 atom stereocenters. The number of carbonyl (C=O) groups excluding carboxylic acids is 1. The second-order valence-electron chi connectivity index (χ2n) is 7.49. The fourth-order valence-electron chi connectivity index (χ4n) is 3.90. The first-order valence-electron chi connectivity index (χ1n) is 9.83. The number of aromatic nitrogens is 5. The number of hydrogen-bond acceptors (Lipinski definition) is 7. The molecule has 3 aromatic heterocycles. The van der Waals surface area contributed by atoms with E-state index in [0.29, 0.717) is 17.4 Å². The van der Waals surface area contributed by atoms with Gasteiger partial charge in [-0.3, -0.25) is 19.4 Å². The van der Waals surface area contributed by atoms with E-state index in [0.717, 1.165) is 49.2 Å². The van der Waals surface area contributed by atoms with Crippen LogP contribution >= 0.6 is 11.3 Å². The van der Waals surface area contributed by atoms with Crippen molar-refractivity contribution < 1.29 is 9.53 Å². The number of thiazole rings is 1. The first-order valence-corrected chi connectivity index (χ1v) is 10.6. The summed E-state index contributed by atoms with van der Waals surface area (Å²) in [5, 5.41) is 5.08. The van der Waals surface area contributed by atoms with Gasteiger partial charge >= 0.3 is 0 Å². The number of nitrogens with zero attached hydrogens (tertiary/aromatic N) is 6. The zero-order valence-corrected chi connectivity index (χ0v) is 17.3. The lowest BCUT2D eigenvalue weighted by atomic mass is 10.0. The number of aryl methyl sites for hydroxylation is 3. The van der Waals surface area contributed by atoms with Gasteiger partial charge in [0.15, 0.2) is 5.13 Å². The molecule has 2 aliphatic rings. The minimum Gasteiger partial charge on any atom is -0.376 e. The molecule has 150 valence electrons. The van der Waals surface area contributed by atoms with Gasteiger partial charge in [0.25, 0.3) is 5.91 Å². The first kappa shape index (κ1) is 18.4. The Morgan fingerprint density at radius 2 is 2.21 bits per heavy atom. The van der Waals surface area contributed by atoms with Gasteiger partial charge < -0.3 is 4.74 Å². The molecule has 0 radical (unpaired) electrons. The Bertz CT molecular complexity index is 1050. The van der Waals surface area contributed by atoms with Gasteiger partial charge in [-0.2, -0.15) is 5.10 Å². The lowest BCUT2D eigenvalue weighted by Crippen LogP contribution is -2.38. The number of anilines is 1. The lowest BCUT2D eigenvalue weighted by molar-refractivity contribution is 0.0913. The minimum atomic E-state index is -0.189. The fourth-order valence-corrected chi connectivity index (χ4v) is 4.99. The quantitative estimate of drug-likeness (QED) is 0.657. The minimum absolute atomic E-state index is 0.0206. The molecule has 0 bridgehead atoms. The topological polar surface area (TPSA) is 86.0 Å². The van der Waals surface area contributed by atoms with Gasteiger partial charge in [0, 0.05) is 36.0 Å². The molecule has 0 unspecified atom stereocenters. The maximum Gasteiger partial charge on any atom is 0.280 e. The Labute approximate surface area is 172 Å². The van der Waals surface area contributed by atoms with Crippen molar-refractivity contribution in [3.8, 4) is 11.3 Å². The van der Waals surface area contributed by atoms with Gasteiger partial charge in [0.05, 0.1) is 36.4 Å². The molecule has 1 saturated heterocycles. The highest BCUT2D eigenvalue weighted by Crippen LogP contribution is 2.39. The Hall–Kier alpha value is -2.65. The summed E-state index contributed by atoms with van der Waals surface area (Å²) in [6.07, 6.45) is 8.85. The highest BCUT2D eigenvalue weighted by atomic mass is 32.1. The van der Waals surface area contributed by atoms with E-state index in [-0.39, 0.29) is 12.0 Å². The maximum atomic E-state index is 13.3. The molecule has 3 aromatic rings. The van der Waals surface area contributed by atoms with Crippen LogP contribution in [0.15, 0.2) is 18.6 Å². The molecule has 1 aliphatic carbocycles. The van der Waals surface area contributed by atoms with Crippen molar-refractivity contribution in [2.45, 2.75) is 38.7 Å². The van der Waals surface area contributed by atoms with Gasteiger partial charge in [-0.05, 0) is 32.6 Å². The van der Waals surface area contributed by atoms with E-state index in [2.05, 4.69) is 15.1 Å². The monoisotopic (exact) mass is 410 g/mol. The molecule has 4 heterocycles. The van der Waals surface area contributed by atoms with Crippen LogP contribution in [0.5, 0.6) is 0 Å². The number of carbonyl (C=O) groups is 1. The van der Waals surface area contributed by atoms with E-state index in [1.807, 2.05) is 24.9 Å². The second-order valence-corrected chi connectivity index (χ2v) is 8.55. The van der Waals surface area contributed by atoms with E-state index < -0.39 is 0 Å². The van der Waals surface area contributed by atoms with E-state index in [1.54, 1.807) is 22.4 Å². The van der Waals surface area contributed by atoms with Crippen LogP contribution in [0.2, 0.25) is 0 Å². The summed E-state index contributed by atoms with van der Waals surface area (Å²) in [7, 11) is 1.96. The smallest absolute Gasteiger partial charge is 0.280 e. The lowest BCUT2D eigenvalue weighted by Gasteiger charge is -2.22. The van der Waals surface area contributed by atoms with Gasteiger partial charge in [-0.15, -0.1) is 11.3 Å². The molecule has 0 aromatic carbocycles. The third-order valence-corrected chi connectivity index (χ3v) is 6.62. The Morgan fingerprint density at radius 3 is 2.97 bits per heavy atom. The third-order valence-electron chi connectivity index (χ3n) is 5.48. The summed E-state index contributed by atoms with van der Waals surface area (Å²) >= 11 is 1.58. The van der Waals surface area contributed by atoms with Crippen molar-refractivity contribution in [2.24, 2.45) is 7.05 Å². The summed E-state index contributed by atoms with van der Waals surface area (Å²) in [4.78, 5) is 29.6. The normalized spacial score (nSPS) is 17.8. The van der Waals surface area contributed by atoms with Crippen molar-refractivity contribution in [3.05, 3.63) is 40.5 Å². The molecule has 5 rings (SSSR count). The maximum absolute atomic E-state index is 13.3. The number of fused-ring (bicyclic) bond motifs is 3. The van der Waals surface area contributed by atoms with Crippen LogP contribution in [0.3, 0.4) is 0 Å². The molecule has 8 nitrogen and oxygen atoms in total. The van der Waals surface area contributed by atoms with Crippen molar-refractivity contribution in [3.63, 3.8) is 0 Å². The van der Waals surface area contributed by atoms with E-state index in [9.17, 15) is 4.79 Å². The SMILES string of the molecule is Cc1cnc(C(=O)N(C[C@H]2CCCO2)c2nc3c(s2)CCc2c-3cnn2C)cn1. The molecule has 9 heteroatoms. The van der Waals surface area contributed by atoms with Crippen molar-refractivity contribution in [1.29, 1.82) is 0 Å². The standard InChI is InChI=1S/C20H22N6O2S/c1-12-8-22-15(10-21-12)19(27)26(11-13-4-3-7-28-13)20-24-18-14-9-23-25(2)16(14)5-6-17(18)29-20/h8-10,13H,3-7,11H2,1-2H3/t13-/m1/s1. The van der Waals surface area contributed by atoms with Crippen LogP contribution in [0.1, 0.15) is 39.6 Å². The zero-order valence-electron chi connectivity index (χ0n) is 16.5. The zero-order chi connectivity index (χ0) is 20.0. The van der Waals surface area contributed by atoms with Crippen LogP contribution in [-0.2, 0) is 24.6 Å². The molecule has 1 amide bonds. The molecule has 1 aliphatic heterocycles. The van der Waals surface area contributed by atoms with Crippen LogP contribution in [0.4, 0.5) is 5.13 Å². The molecule has 29 heavy (non-hydrogen) atoms. The highest BCUT2D eigenvalue weighted by molar-refractivity contribution is 7.16. The van der Waals surface area contributed by atoms with Crippen LogP contribution < -0.4 is 4.90 Å². The Morgan fingerprint density at radius 1 is 1.31 bits per heavy atom. The summed E-state index contributed by atoms with van der Waals surface area (Å²) in [5.41, 5.74) is 4.30. The van der Waals surface area contributed by atoms with Gasteiger partial charge in [-0.1, -0.05) is 0 Å². The number of rotatable bonds is 4. The fraction of sp³-hybridized carbons (Fsp3) is 0.450. The number of amides is 1. The largest absolute Gasteiger partial charge is 0.376 e. The van der Waals surface area contributed by atoms with E-state index in [1.165, 1.54) is 16.8 Å². The molecule has 0 spiro atoms. The predicted molar refractivity (Wildman–Crippen MR) is 109 cm³/mol. The first-order chi connectivity index (χ1) is 14.1.